The second kappa shape index (κ2) is 2.37. The summed E-state index contributed by atoms with van der Waals surface area (Å²) in [4.78, 5) is 10.1. The molecule has 2 rings (SSSR count). The van der Waals surface area contributed by atoms with Crippen LogP contribution in [0.15, 0.2) is 12.4 Å². The topological polar surface area (TPSA) is 65.4 Å². The molecule has 2 aromatic heterocycles. The summed E-state index contributed by atoms with van der Waals surface area (Å²) in [5.74, 6) is -0.606. The molecule has 2 N–H and O–H groups in total. The maximum absolute atomic E-state index is 12.7. The number of fused-ring (bicyclic) bond motifs is 1. The largest absolute Gasteiger partial charge is 0.344 e. The zero-order chi connectivity index (χ0) is 8.55. The molecule has 0 bridgehead atoms. The Morgan fingerprint density at radius 2 is 2.42 bits per heavy atom. The number of aromatic nitrogens is 3. The molecule has 0 spiro atoms. The number of H-pyrrole nitrogens is 1. The van der Waals surface area contributed by atoms with Gasteiger partial charge in [0.2, 0.25) is 5.95 Å². The van der Waals surface area contributed by atoms with Gasteiger partial charge in [0.15, 0.2) is 0 Å². The van der Waals surface area contributed by atoms with Gasteiger partial charge in [-0.05, 0) is 0 Å². The van der Waals surface area contributed by atoms with E-state index in [1.54, 1.807) is 0 Å². The molecule has 0 unspecified atom stereocenters. The number of halogens is 1. The molecule has 0 fully saturated rings. The van der Waals surface area contributed by atoms with E-state index in [1.807, 2.05) is 0 Å². The van der Waals surface area contributed by atoms with Crippen molar-refractivity contribution < 1.29 is 4.39 Å². The predicted molar refractivity (Wildman–Crippen MR) is 41.7 cm³/mol. The fourth-order valence-corrected chi connectivity index (χ4v) is 1.04. The van der Waals surface area contributed by atoms with Crippen molar-refractivity contribution >= 4 is 17.2 Å². The van der Waals surface area contributed by atoms with Crippen molar-refractivity contribution in [3.8, 4) is 0 Å². The van der Waals surface area contributed by atoms with Gasteiger partial charge >= 0.3 is 0 Å². The molecule has 0 saturated carbocycles. The normalized spacial score (nSPS) is 10.4. The molecule has 2 heterocycles. The Bertz CT molecular complexity index is 434. The van der Waals surface area contributed by atoms with Gasteiger partial charge in [-0.15, -0.1) is 0 Å². The fraction of sp³-hybridized carbons (Fsp3) is 0. The lowest BCUT2D eigenvalue weighted by Crippen LogP contribution is -1.92. The van der Waals surface area contributed by atoms with Crippen molar-refractivity contribution in [2.45, 2.75) is 0 Å². The lowest BCUT2D eigenvalue weighted by molar-refractivity contribution is 0.585. The first-order valence-corrected chi connectivity index (χ1v) is 3.31. The van der Waals surface area contributed by atoms with Crippen LogP contribution in [0, 0.1) is 11.4 Å². The van der Waals surface area contributed by atoms with Crippen LogP contribution in [-0.4, -0.2) is 21.2 Å². The van der Waals surface area contributed by atoms with Gasteiger partial charge in [0.25, 0.3) is 0 Å². The van der Waals surface area contributed by atoms with E-state index in [4.69, 9.17) is 5.41 Å². The SMILES string of the molecule is N=Cc1nc(F)cc2[nH]cnc12. The van der Waals surface area contributed by atoms with E-state index in [0.717, 1.165) is 6.21 Å². The third kappa shape index (κ3) is 0.868. The van der Waals surface area contributed by atoms with Crippen molar-refractivity contribution in [2.24, 2.45) is 0 Å². The van der Waals surface area contributed by atoms with E-state index in [-0.39, 0.29) is 5.69 Å². The Balaban J connectivity index is 2.88. The number of rotatable bonds is 1. The quantitative estimate of drug-likeness (QED) is 0.489. The summed E-state index contributed by atoms with van der Waals surface area (Å²) in [6, 6.07) is 1.25. The predicted octanol–water partition coefficient (Wildman–Crippen LogP) is 1.09. The number of hydrogen-bond acceptors (Lipinski definition) is 3. The number of pyridine rings is 1. The standard InChI is InChI=1S/C7H5FN4/c8-6-1-4-7(11-3-10-4)5(2-9)12-6/h1-3,9H,(H,10,11). The zero-order valence-corrected chi connectivity index (χ0v) is 6.00. The summed E-state index contributed by atoms with van der Waals surface area (Å²) in [5, 5.41) is 6.95. The molecular weight excluding hydrogens is 159 g/mol. The Morgan fingerprint density at radius 3 is 3.17 bits per heavy atom. The van der Waals surface area contributed by atoms with Gasteiger partial charge in [-0.25, -0.2) is 9.97 Å². The monoisotopic (exact) mass is 164 g/mol. The molecule has 12 heavy (non-hydrogen) atoms. The summed E-state index contributed by atoms with van der Waals surface area (Å²) in [6.07, 6.45) is 2.42. The van der Waals surface area contributed by atoms with Crippen LogP contribution in [0.25, 0.3) is 11.0 Å². The molecule has 0 radical (unpaired) electrons. The van der Waals surface area contributed by atoms with Crippen LogP contribution in [0.3, 0.4) is 0 Å². The second-order valence-electron chi connectivity index (χ2n) is 2.27. The van der Waals surface area contributed by atoms with Crippen molar-refractivity contribution in [1.29, 1.82) is 5.41 Å². The average Bonchev–Trinajstić information content (AvgIpc) is 2.50. The van der Waals surface area contributed by atoms with E-state index in [0.29, 0.717) is 11.0 Å². The van der Waals surface area contributed by atoms with Gasteiger partial charge in [0.05, 0.1) is 11.8 Å². The first-order valence-electron chi connectivity index (χ1n) is 3.31. The molecular formula is C7H5FN4. The molecule has 0 atom stereocenters. The fourth-order valence-electron chi connectivity index (χ4n) is 1.04. The number of imidazole rings is 1. The van der Waals surface area contributed by atoms with E-state index < -0.39 is 5.95 Å². The van der Waals surface area contributed by atoms with Gasteiger partial charge in [0, 0.05) is 12.3 Å². The summed E-state index contributed by atoms with van der Waals surface area (Å²) >= 11 is 0. The minimum absolute atomic E-state index is 0.242. The number of aromatic amines is 1. The molecule has 0 aliphatic heterocycles. The average molecular weight is 164 g/mol. The Morgan fingerprint density at radius 1 is 1.58 bits per heavy atom. The number of hydrogen-bond donors (Lipinski definition) is 2. The van der Waals surface area contributed by atoms with E-state index in [1.165, 1.54) is 12.4 Å². The van der Waals surface area contributed by atoms with Crippen LogP contribution in [0.4, 0.5) is 4.39 Å². The summed E-state index contributed by atoms with van der Waals surface area (Å²) < 4.78 is 12.7. The Hall–Kier alpha value is -1.78. The minimum atomic E-state index is -0.606. The highest BCUT2D eigenvalue weighted by Crippen LogP contribution is 2.11. The van der Waals surface area contributed by atoms with Crippen LogP contribution < -0.4 is 0 Å². The smallest absolute Gasteiger partial charge is 0.215 e. The lowest BCUT2D eigenvalue weighted by atomic mass is 10.3. The van der Waals surface area contributed by atoms with Crippen molar-refractivity contribution in [1.82, 2.24) is 15.0 Å². The second-order valence-corrected chi connectivity index (χ2v) is 2.27. The summed E-state index contributed by atoms with van der Waals surface area (Å²) in [5.41, 5.74) is 1.32. The highest BCUT2D eigenvalue weighted by atomic mass is 19.1. The molecule has 0 aliphatic rings. The van der Waals surface area contributed by atoms with Gasteiger partial charge in [0.1, 0.15) is 11.2 Å². The summed E-state index contributed by atoms with van der Waals surface area (Å²) in [6.45, 7) is 0. The van der Waals surface area contributed by atoms with Crippen LogP contribution >= 0.6 is 0 Å². The minimum Gasteiger partial charge on any atom is -0.344 e. The van der Waals surface area contributed by atoms with E-state index in [9.17, 15) is 4.39 Å². The first-order chi connectivity index (χ1) is 5.81. The van der Waals surface area contributed by atoms with Crippen LogP contribution in [0.5, 0.6) is 0 Å². The molecule has 4 nitrogen and oxygen atoms in total. The van der Waals surface area contributed by atoms with Crippen LogP contribution in [-0.2, 0) is 0 Å². The lowest BCUT2D eigenvalue weighted by Gasteiger charge is -1.93. The van der Waals surface area contributed by atoms with Gasteiger partial charge in [-0.1, -0.05) is 0 Å². The van der Waals surface area contributed by atoms with Gasteiger partial charge < -0.3 is 10.4 Å². The van der Waals surface area contributed by atoms with Crippen molar-refractivity contribution in [2.75, 3.05) is 0 Å². The molecule has 0 aliphatic carbocycles. The third-order valence-corrected chi connectivity index (χ3v) is 1.54. The Kier molecular flexibility index (Phi) is 1.36. The van der Waals surface area contributed by atoms with Crippen molar-refractivity contribution in [3.05, 3.63) is 24.0 Å². The molecule has 0 saturated heterocycles. The highest BCUT2D eigenvalue weighted by molar-refractivity contribution is 5.92. The first kappa shape index (κ1) is 6.90. The maximum atomic E-state index is 12.7. The van der Waals surface area contributed by atoms with Gasteiger partial charge in [-0.2, -0.15) is 4.39 Å². The third-order valence-electron chi connectivity index (χ3n) is 1.54. The van der Waals surface area contributed by atoms with E-state index in [2.05, 4.69) is 15.0 Å². The maximum Gasteiger partial charge on any atom is 0.215 e. The summed E-state index contributed by atoms with van der Waals surface area (Å²) in [7, 11) is 0. The Labute approximate surface area is 67.0 Å². The molecule has 2 aromatic rings. The number of nitrogens with zero attached hydrogens (tertiary/aromatic N) is 2. The highest BCUT2D eigenvalue weighted by Gasteiger charge is 2.04. The molecule has 60 valence electrons. The van der Waals surface area contributed by atoms with Crippen LogP contribution in [0.2, 0.25) is 0 Å². The van der Waals surface area contributed by atoms with Gasteiger partial charge in [-0.3, -0.25) is 0 Å². The molecule has 0 aromatic carbocycles. The van der Waals surface area contributed by atoms with Crippen molar-refractivity contribution in [3.63, 3.8) is 0 Å². The van der Waals surface area contributed by atoms with Crippen LogP contribution in [0.1, 0.15) is 5.69 Å². The molecule has 5 heteroatoms. The number of nitrogens with one attached hydrogen (secondary N) is 2. The van der Waals surface area contributed by atoms with E-state index >= 15 is 0 Å². The molecule has 0 amide bonds. The zero-order valence-electron chi connectivity index (χ0n) is 6.00.